The van der Waals surface area contributed by atoms with E-state index in [1.54, 1.807) is 13.3 Å². The minimum Gasteiger partial charge on any atom is -0.491 e. The Kier molecular flexibility index (Phi) is 3.43. The van der Waals surface area contributed by atoms with Gasteiger partial charge in [-0.1, -0.05) is 26.0 Å². The number of aromatic nitrogens is 4. The highest BCUT2D eigenvalue weighted by Gasteiger charge is 2.13. The molecule has 0 bridgehead atoms. The summed E-state index contributed by atoms with van der Waals surface area (Å²) in [6.45, 7) is 4.10. The quantitative estimate of drug-likeness (QED) is 0.768. The van der Waals surface area contributed by atoms with Crippen LogP contribution in [0.15, 0.2) is 30.5 Å². The molecule has 6 heteroatoms. The molecule has 2 heterocycles. The summed E-state index contributed by atoms with van der Waals surface area (Å²) < 4.78 is 5.32. The summed E-state index contributed by atoms with van der Waals surface area (Å²) in [6, 6.07) is 7.91. The Labute approximate surface area is 122 Å². The van der Waals surface area contributed by atoms with E-state index >= 15 is 0 Å². The van der Waals surface area contributed by atoms with Crippen LogP contribution in [0.1, 0.15) is 25.6 Å². The largest absolute Gasteiger partial charge is 0.491 e. The molecule has 2 N–H and O–H groups in total. The lowest BCUT2D eigenvalue weighted by Crippen LogP contribution is -2.04. The number of fused-ring (bicyclic) bond motifs is 1. The van der Waals surface area contributed by atoms with Gasteiger partial charge in [0.1, 0.15) is 5.82 Å². The van der Waals surface area contributed by atoms with E-state index in [9.17, 15) is 0 Å². The van der Waals surface area contributed by atoms with Crippen LogP contribution in [0, 0.1) is 0 Å². The van der Waals surface area contributed by atoms with E-state index < -0.39 is 0 Å². The minimum absolute atomic E-state index is 0.243. The smallest absolute Gasteiger partial charge is 0.179 e. The third-order valence-corrected chi connectivity index (χ3v) is 3.22. The Morgan fingerprint density at radius 1 is 1.19 bits per heavy atom. The predicted molar refractivity (Wildman–Crippen MR) is 82.0 cm³/mol. The highest BCUT2D eigenvalue weighted by molar-refractivity contribution is 5.91. The maximum atomic E-state index is 5.32. The summed E-state index contributed by atoms with van der Waals surface area (Å²) in [4.78, 5) is 8.82. The second-order valence-corrected chi connectivity index (χ2v) is 5.04. The van der Waals surface area contributed by atoms with Gasteiger partial charge in [-0.2, -0.15) is 5.10 Å². The topological polar surface area (TPSA) is 75.7 Å². The van der Waals surface area contributed by atoms with Crippen LogP contribution in [0.4, 0.5) is 11.6 Å². The number of para-hydroxylation sites is 1. The van der Waals surface area contributed by atoms with Crippen molar-refractivity contribution in [1.82, 2.24) is 20.2 Å². The molecule has 0 radical (unpaired) electrons. The van der Waals surface area contributed by atoms with E-state index in [1.807, 2.05) is 24.3 Å². The average molecular weight is 283 g/mol. The molecular formula is C15H17N5O. The normalized spacial score (nSPS) is 11.0. The Balaban J connectivity index is 2.02. The SMILES string of the molecule is COc1cnc(C(C)C)nc1Nc1n[nH]c2ccccc12. The van der Waals surface area contributed by atoms with E-state index in [2.05, 4.69) is 39.3 Å². The van der Waals surface area contributed by atoms with Crippen molar-refractivity contribution in [1.29, 1.82) is 0 Å². The Morgan fingerprint density at radius 3 is 2.76 bits per heavy atom. The maximum Gasteiger partial charge on any atom is 0.179 e. The van der Waals surface area contributed by atoms with Gasteiger partial charge >= 0.3 is 0 Å². The molecule has 6 nitrogen and oxygen atoms in total. The summed E-state index contributed by atoms with van der Waals surface area (Å²) in [6.07, 6.45) is 1.68. The van der Waals surface area contributed by atoms with Crippen LogP contribution < -0.4 is 10.1 Å². The second kappa shape index (κ2) is 5.40. The molecule has 108 valence electrons. The van der Waals surface area contributed by atoms with Gasteiger partial charge < -0.3 is 10.1 Å². The zero-order valence-electron chi connectivity index (χ0n) is 12.2. The highest BCUT2D eigenvalue weighted by Crippen LogP contribution is 2.28. The molecule has 2 aromatic heterocycles. The third kappa shape index (κ3) is 2.52. The molecule has 0 fully saturated rings. The molecule has 3 aromatic rings. The van der Waals surface area contributed by atoms with Gasteiger partial charge in [0.15, 0.2) is 17.4 Å². The summed E-state index contributed by atoms with van der Waals surface area (Å²) >= 11 is 0. The van der Waals surface area contributed by atoms with Crippen LogP contribution in [0.25, 0.3) is 10.9 Å². The first-order valence-corrected chi connectivity index (χ1v) is 6.80. The van der Waals surface area contributed by atoms with Crippen LogP contribution in [0.3, 0.4) is 0 Å². The number of nitrogens with one attached hydrogen (secondary N) is 2. The van der Waals surface area contributed by atoms with E-state index in [1.165, 1.54) is 0 Å². The minimum atomic E-state index is 0.243. The molecule has 0 aliphatic rings. The van der Waals surface area contributed by atoms with Crippen molar-refractivity contribution in [2.24, 2.45) is 0 Å². The van der Waals surface area contributed by atoms with Crippen LogP contribution in [0.2, 0.25) is 0 Å². The third-order valence-electron chi connectivity index (χ3n) is 3.22. The van der Waals surface area contributed by atoms with Crippen molar-refractivity contribution in [2.45, 2.75) is 19.8 Å². The molecule has 3 rings (SSSR count). The summed E-state index contributed by atoms with van der Waals surface area (Å²) in [5.41, 5.74) is 0.970. The van der Waals surface area contributed by atoms with Crippen molar-refractivity contribution in [3.05, 3.63) is 36.3 Å². The molecule has 0 saturated carbocycles. The molecular weight excluding hydrogens is 266 g/mol. The highest BCUT2D eigenvalue weighted by atomic mass is 16.5. The summed E-state index contributed by atoms with van der Waals surface area (Å²) in [5, 5.41) is 11.5. The fraction of sp³-hybridized carbons (Fsp3) is 0.267. The van der Waals surface area contributed by atoms with Crippen molar-refractivity contribution in [3.8, 4) is 5.75 Å². The number of nitrogens with zero attached hydrogens (tertiary/aromatic N) is 3. The van der Waals surface area contributed by atoms with Gasteiger partial charge in [0.2, 0.25) is 0 Å². The fourth-order valence-corrected chi connectivity index (χ4v) is 2.07. The van der Waals surface area contributed by atoms with Crippen molar-refractivity contribution in [2.75, 3.05) is 12.4 Å². The van der Waals surface area contributed by atoms with Gasteiger partial charge in [-0.3, -0.25) is 5.10 Å². The standard InChI is InChI=1S/C15H17N5O/c1-9(2)13-16-8-12(21-3)15(17-13)18-14-10-6-4-5-7-11(10)19-20-14/h4-9H,1-3H3,(H2,16,17,18,19,20). The van der Waals surface area contributed by atoms with Crippen LogP contribution in [0.5, 0.6) is 5.75 Å². The molecule has 21 heavy (non-hydrogen) atoms. The maximum absolute atomic E-state index is 5.32. The Bertz CT molecular complexity index is 766. The molecule has 0 amide bonds. The molecule has 0 aliphatic carbocycles. The van der Waals surface area contributed by atoms with Gasteiger partial charge in [0.05, 0.1) is 18.8 Å². The number of hydrogen-bond acceptors (Lipinski definition) is 5. The first-order valence-electron chi connectivity index (χ1n) is 6.80. The Hall–Kier alpha value is -2.63. The number of anilines is 2. The van der Waals surface area contributed by atoms with Crippen LogP contribution >= 0.6 is 0 Å². The number of hydrogen-bond donors (Lipinski definition) is 2. The van der Waals surface area contributed by atoms with Gasteiger partial charge in [-0.05, 0) is 12.1 Å². The predicted octanol–water partition coefficient (Wildman–Crippen LogP) is 3.23. The molecule has 0 spiro atoms. The lowest BCUT2D eigenvalue weighted by Gasteiger charge is -2.11. The van der Waals surface area contributed by atoms with Gasteiger partial charge in [-0.15, -0.1) is 0 Å². The number of aromatic amines is 1. The number of benzene rings is 1. The fourth-order valence-electron chi connectivity index (χ4n) is 2.07. The Morgan fingerprint density at radius 2 is 2.00 bits per heavy atom. The van der Waals surface area contributed by atoms with E-state index in [-0.39, 0.29) is 5.92 Å². The molecule has 0 aliphatic heterocycles. The zero-order chi connectivity index (χ0) is 14.8. The molecule has 0 unspecified atom stereocenters. The first-order chi connectivity index (χ1) is 10.2. The van der Waals surface area contributed by atoms with E-state index in [4.69, 9.17) is 4.74 Å². The molecule has 1 aromatic carbocycles. The second-order valence-electron chi connectivity index (χ2n) is 5.04. The van der Waals surface area contributed by atoms with Crippen molar-refractivity contribution >= 4 is 22.5 Å². The number of H-pyrrole nitrogens is 1. The van der Waals surface area contributed by atoms with Gasteiger partial charge in [0, 0.05) is 11.3 Å². The van der Waals surface area contributed by atoms with Gasteiger partial charge in [0.25, 0.3) is 0 Å². The summed E-state index contributed by atoms with van der Waals surface area (Å²) in [5.74, 6) is 2.93. The zero-order valence-corrected chi connectivity index (χ0v) is 12.2. The lowest BCUT2D eigenvalue weighted by atomic mass is 10.2. The number of rotatable bonds is 4. The van der Waals surface area contributed by atoms with Crippen LogP contribution in [-0.4, -0.2) is 27.3 Å². The van der Waals surface area contributed by atoms with Crippen molar-refractivity contribution in [3.63, 3.8) is 0 Å². The van der Waals surface area contributed by atoms with E-state index in [0.29, 0.717) is 11.6 Å². The first kappa shape index (κ1) is 13.4. The van der Waals surface area contributed by atoms with Crippen molar-refractivity contribution < 1.29 is 4.74 Å². The number of methoxy groups -OCH3 is 1. The molecule has 0 atom stereocenters. The lowest BCUT2D eigenvalue weighted by molar-refractivity contribution is 0.412. The van der Waals surface area contributed by atoms with E-state index in [0.717, 1.165) is 22.5 Å². The molecule has 0 saturated heterocycles. The summed E-state index contributed by atoms with van der Waals surface area (Å²) in [7, 11) is 1.60. The van der Waals surface area contributed by atoms with Crippen LogP contribution in [-0.2, 0) is 0 Å². The monoisotopic (exact) mass is 283 g/mol. The van der Waals surface area contributed by atoms with Gasteiger partial charge in [-0.25, -0.2) is 9.97 Å². The average Bonchev–Trinajstić information content (AvgIpc) is 2.90. The number of ether oxygens (including phenoxy) is 1.